The maximum absolute atomic E-state index is 11.8. The molecule has 0 amide bonds. The van der Waals surface area contributed by atoms with Crippen LogP contribution >= 0.6 is 0 Å². The molecule has 1 aliphatic heterocycles. The predicted octanol–water partition coefficient (Wildman–Crippen LogP) is 2.12. The molecule has 13 nitrogen and oxygen atoms in total. The van der Waals surface area contributed by atoms with Crippen LogP contribution in [0, 0.1) is 0 Å². The normalized spacial score (nSPS) is 20.3. The third kappa shape index (κ3) is 15.7. The first kappa shape index (κ1) is 37.2. The molecule has 44 heavy (non-hydrogen) atoms. The van der Waals surface area contributed by atoms with Crippen molar-refractivity contribution in [1.29, 1.82) is 0 Å². The zero-order chi connectivity index (χ0) is 32.3. The number of carboxylic acids is 3. The quantitative estimate of drug-likeness (QED) is 0.131. The fourth-order valence-electron chi connectivity index (χ4n) is 5.48. The first-order valence-corrected chi connectivity index (χ1v) is 15.8. The van der Waals surface area contributed by atoms with Crippen LogP contribution in [0.15, 0.2) is 24.3 Å². The van der Waals surface area contributed by atoms with E-state index in [1.807, 2.05) is 0 Å². The Morgan fingerprint density at radius 1 is 0.818 bits per heavy atom. The van der Waals surface area contributed by atoms with Crippen molar-refractivity contribution in [3.8, 4) is 11.5 Å². The highest BCUT2D eigenvalue weighted by Gasteiger charge is 2.31. The largest absolute Gasteiger partial charge is 0.508 e. The summed E-state index contributed by atoms with van der Waals surface area (Å²) in [4.78, 5) is 39.5. The van der Waals surface area contributed by atoms with Crippen LogP contribution in [-0.4, -0.2) is 135 Å². The summed E-state index contributed by atoms with van der Waals surface area (Å²) in [6, 6.07) is 5.92. The maximum atomic E-state index is 11.8. The summed E-state index contributed by atoms with van der Waals surface area (Å²) in [5.74, 6) is -2.61. The van der Waals surface area contributed by atoms with Crippen molar-refractivity contribution in [3.63, 3.8) is 0 Å². The highest BCUT2D eigenvalue weighted by atomic mass is 16.5. The minimum atomic E-state index is -1.29. The fraction of sp³-hybridized carbons (Fsp3) is 0.710. The summed E-state index contributed by atoms with van der Waals surface area (Å²) in [5, 5.41) is 52.9. The van der Waals surface area contributed by atoms with Crippen molar-refractivity contribution in [2.45, 2.75) is 83.1 Å². The number of hydrogen-bond acceptors (Lipinski definition) is 10. The van der Waals surface area contributed by atoms with E-state index in [0.29, 0.717) is 25.3 Å². The molecule has 0 aromatic heterocycles. The van der Waals surface area contributed by atoms with Crippen molar-refractivity contribution in [3.05, 3.63) is 24.3 Å². The number of rotatable bonds is 18. The van der Waals surface area contributed by atoms with Crippen LogP contribution in [0.4, 0.5) is 0 Å². The summed E-state index contributed by atoms with van der Waals surface area (Å²) in [6.45, 7) is 2.23. The molecule has 1 saturated heterocycles. The summed E-state index contributed by atoms with van der Waals surface area (Å²) >= 11 is 0. The molecule has 6 N–H and O–H groups in total. The topological polar surface area (TPSA) is 183 Å². The third-order valence-corrected chi connectivity index (χ3v) is 7.81. The Kier molecular flexibility index (Phi) is 17.7. The SMILES string of the molecule is CCCCCCCCCCC(Oc1ccc(O)cc1)C1CN(CC(=O)O)C(O)CN(CC(=O)O)CCN(CC(=O)O)CCN1. The zero-order valence-electron chi connectivity index (χ0n) is 26.0. The number of phenolic OH excluding ortho intramolecular Hbond substituents is 1. The molecule has 0 aliphatic carbocycles. The zero-order valence-corrected chi connectivity index (χ0v) is 26.0. The van der Waals surface area contributed by atoms with Gasteiger partial charge in [0.25, 0.3) is 0 Å². The molecule has 0 bridgehead atoms. The molecule has 3 unspecified atom stereocenters. The van der Waals surface area contributed by atoms with Gasteiger partial charge in [-0.15, -0.1) is 0 Å². The average Bonchev–Trinajstić information content (AvgIpc) is 2.95. The van der Waals surface area contributed by atoms with E-state index in [2.05, 4.69) is 12.2 Å². The van der Waals surface area contributed by atoms with Crippen molar-refractivity contribution >= 4 is 17.9 Å². The number of unbranched alkanes of at least 4 members (excludes halogenated alkanes) is 7. The number of hydrogen-bond donors (Lipinski definition) is 6. The van der Waals surface area contributed by atoms with Gasteiger partial charge in [0, 0.05) is 39.3 Å². The van der Waals surface area contributed by atoms with Gasteiger partial charge in [0.1, 0.15) is 23.8 Å². The van der Waals surface area contributed by atoms with Crippen LogP contribution in [0.25, 0.3) is 0 Å². The van der Waals surface area contributed by atoms with E-state index in [9.17, 15) is 39.9 Å². The molecule has 0 radical (unpaired) electrons. The number of carboxylic acid groups (broad SMARTS) is 3. The van der Waals surface area contributed by atoms with E-state index >= 15 is 0 Å². The number of aliphatic carboxylic acids is 3. The first-order chi connectivity index (χ1) is 21.1. The van der Waals surface area contributed by atoms with Crippen molar-refractivity contribution in [2.75, 3.05) is 58.9 Å². The van der Waals surface area contributed by atoms with Crippen LogP contribution in [0.3, 0.4) is 0 Å². The number of β-amino-alcohol motifs (C(OH)–C–C–N with tert-alkyl or cyclic N) is 1. The van der Waals surface area contributed by atoms with Gasteiger partial charge in [0.05, 0.1) is 25.7 Å². The number of aromatic hydroxyl groups is 1. The molecule has 1 aromatic rings. The third-order valence-electron chi connectivity index (χ3n) is 7.81. The number of benzene rings is 1. The second kappa shape index (κ2) is 20.9. The lowest BCUT2D eigenvalue weighted by atomic mass is 10.0. The van der Waals surface area contributed by atoms with E-state index in [0.717, 1.165) is 25.7 Å². The Labute approximate surface area is 260 Å². The van der Waals surface area contributed by atoms with Crippen molar-refractivity contribution < 1.29 is 44.7 Å². The smallest absolute Gasteiger partial charge is 0.317 e. The molecular formula is C31H52N4O9. The van der Waals surface area contributed by atoms with Gasteiger partial charge >= 0.3 is 17.9 Å². The Bertz CT molecular complexity index is 981. The number of nitrogens with one attached hydrogen (secondary N) is 1. The Balaban J connectivity index is 2.30. The van der Waals surface area contributed by atoms with E-state index in [1.165, 1.54) is 47.6 Å². The Morgan fingerprint density at radius 3 is 2.00 bits per heavy atom. The Hall–Kier alpha value is -2.97. The lowest BCUT2D eigenvalue weighted by Gasteiger charge is -2.38. The lowest BCUT2D eigenvalue weighted by molar-refractivity contribution is -0.144. The van der Waals surface area contributed by atoms with Gasteiger partial charge in [0.15, 0.2) is 0 Å². The molecule has 1 heterocycles. The second-order valence-corrected chi connectivity index (χ2v) is 11.6. The summed E-state index contributed by atoms with van der Waals surface area (Å²) in [7, 11) is 0. The lowest BCUT2D eigenvalue weighted by Crippen LogP contribution is -2.57. The number of phenols is 1. The summed E-state index contributed by atoms with van der Waals surface area (Å²) in [5.41, 5.74) is 0. The van der Waals surface area contributed by atoms with Gasteiger partial charge < -0.3 is 35.6 Å². The standard InChI is InChI=1S/C31H52N4O9/c1-2-3-4-5-6-7-8-9-10-27(44-25-13-11-24(36)12-14-25)26-19-35(23-31(42)43)28(37)20-34(22-30(40)41)18-17-33(16-15-32-26)21-29(38)39/h11-14,26-28,32,36-37H,2-10,15-23H2,1H3,(H,38,39)(H,40,41)(H,42,43). The minimum absolute atomic E-state index is 0.0904. The fourth-order valence-corrected chi connectivity index (χ4v) is 5.48. The summed E-state index contributed by atoms with van der Waals surface area (Å²) in [6.07, 6.45) is 7.94. The molecule has 250 valence electrons. The molecule has 13 heteroatoms. The molecule has 0 spiro atoms. The van der Waals surface area contributed by atoms with Gasteiger partial charge in [-0.3, -0.25) is 29.1 Å². The molecule has 1 fully saturated rings. The van der Waals surface area contributed by atoms with E-state index in [4.69, 9.17) is 4.74 Å². The summed E-state index contributed by atoms with van der Waals surface area (Å²) < 4.78 is 6.42. The average molecular weight is 625 g/mol. The van der Waals surface area contributed by atoms with E-state index in [1.54, 1.807) is 17.0 Å². The Morgan fingerprint density at radius 2 is 1.39 bits per heavy atom. The van der Waals surface area contributed by atoms with Crippen molar-refractivity contribution in [1.82, 2.24) is 20.0 Å². The molecule has 3 atom stereocenters. The monoisotopic (exact) mass is 624 g/mol. The molecular weight excluding hydrogens is 572 g/mol. The molecule has 2 rings (SSSR count). The molecule has 1 aliphatic rings. The number of nitrogens with zero attached hydrogens (tertiary/aromatic N) is 3. The first-order valence-electron chi connectivity index (χ1n) is 15.8. The van der Waals surface area contributed by atoms with Crippen LogP contribution in [0.1, 0.15) is 64.7 Å². The number of aliphatic hydroxyl groups is 1. The van der Waals surface area contributed by atoms with Crippen LogP contribution in [-0.2, 0) is 14.4 Å². The van der Waals surface area contributed by atoms with Gasteiger partial charge in [-0.2, -0.15) is 0 Å². The van der Waals surface area contributed by atoms with Gasteiger partial charge in [-0.05, 0) is 37.1 Å². The number of ether oxygens (including phenoxy) is 1. The van der Waals surface area contributed by atoms with Crippen LogP contribution in [0.2, 0.25) is 0 Å². The van der Waals surface area contributed by atoms with E-state index in [-0.39, 0.29) is 45.0 Å². The number of carbonyl (C=O) groups is 3. The highest BCUT2D eigenvalue weighted by molar-refractivity contribution is 5.70. The highest BCUT2D eigenvalue weighted by Crippen LogP contribution is 2.22. The molecule has 0 saturated carbocycles. The van der Waals surface area contributed by atoms with Crippen LogP contribution in [0.5, 0.6) is 11.5 Å². The van der Waals surface area contributed by atoms with Gasteiger partial charge in [0.2, 0.25) is 0 Å². The second-order valence-electron chi connectivity index (χ2n) is 11.6. The predicted molar refractivity (Wildman–Crippen MR) is 165 cm³/mol. The minimum Gasteiger partial charge on any atom is -0.508 e. The van der Waals surface area contributed by atoms with Gasteiger partial charge in [-0.25, -0.2) is 0 Å². The van der Waals surface area contributed by atoms with Gasteiger partial charge in [-0.1, -0.05) is 51.9 Å². The maximum Gasteiger partial charge on any atom is 0.317 e. The van der Waals surface area contributed by atoms with Crippen LogP contribution < -0.4 is 10.1 Å². The van der Waals surface area contributed by atoms with E-state index < -0.39 is 42.8 Å². The number of aliphatic hydroxyl groups excluding tert-OH is 1. The van der Waals surface area contributed by atoms with Crippen molar-refractivity contribution in [2.24, 2.45) is 0 Å². The molecule has 1 aromatic carbocycles.